The number of nitrogens with zero attached hydrogens (tertiary/aromatic N) is 1. The molecule has 1 heterocycles. The number of aliphatic carboxylic acids is 1. The minimum atomic E-state index is -3.54. The Balaban J connectivity index is 1.94. The van der Waals surface area contributed by atoms with Gasteiger partial charge in [-0.05, 0) is 44.4 Å². The fourth-order valence-electron chi connectivity index (χ4n) is 2.54. The highest BCUT2D eigenvalue weighted by atomic mass is 32.2. The van der Waals surface area contributed by atoms with E-state index in [4.69, 9.17) is 9.84 Å². The zero-order valence-corrected chi connectivity index (χ0v) is 15.8. The number of hydrogen-bond acceptors (Lipinski definition) is 5. The molecule has 1 aliphatic heterocycles. The van der Waals surface area contributed by atoms with Crippen LogP contribution in [0.15, 0.2) is 29.2 Å². The van der Waals surface area contributed by atoms with Gasteiger partial charge >= 0.3 is 5.97 Å². The van der Waals surface area contributed by atoms with E-state index in [-0.39, 0.29) is 23.4 Å². The normalized spacial score (nSPS) is 20.5. The number of amides is 1. The summed E-state index contributed by atoms with van der Waals surface area (Å²) >= 11 is 0. The molecule has 2 atom stereocenters. The molecule has 0 radical (unpaired) electrons. The van der Waals surface area contributed by atoms with Crippen LogP contribution in [0.25, 0.3) is 0 Å². The summed E-state index contributed by atoms with van der Waals surface area (Å²) in [6.45, 7) is 3.79. The zero-order chi connectivity index (χ0) is 19.5. The number of nitrogens with one attached hydrogen (secondary N) is 1. The summed E-state index contributed by atoms with van der Waals surface area (Å²) in [6.07, 6.45) is -1.03. The molecule has 0 unspecified atom stereocenters. The Hall–Kier alpha value is -1.97. The summed E-state index contributed by atoms with van der Waals surface area (Å²) in [6, 6.07) is 6.12. The second kappa shape index (κ2) is 8.15. The van der Waals surface area contributed by atoms with Crippen LogP contribution in [0.1, 0.15) is 32.3 Å². The van der Waals surface area contributed by atoms with E-state index in [1.807, 2.05) is 0 Å². The summed E-state index contributed by atoms with van der Waals surface area (Å²) in [5, 5.41) is 11.6. The molecule has 8 nitrogen and oxygen atoms in total. The van der Waals surface area contributed by atoms with Crippen LogP contribution in [0.4, 0.5) is 0 Å². The van der Waals surface area contributed by atoms with Gasteiger partial charge < -0.3 is 15.2 Å². The van der Waals surface area contributed by atoms with Crippen LogP contribution >= 0.6 is 0 Å². The van der Waals surface area contributed by atoms with Gasteiger partial charge in [0.1, 0.15) is 6.10 Å². The molecule has 0 saturated carbocycles. The van der Waals surface area contributed by atoms with E-state index in [1.165, 1.54) is 23.5 Å². The van der Waals surface area contributed by atoms with Crippen molar-refractivity contribution in [2.45, 2.75) is 56.4 Å². The highest BCUT2D eigenvalue weighted by Gasteiger charge is 2.34. The monoisotopic (exact) mass is 384 g/mol. The highest BCUT2D eigenvalue weighted by molar-refractivity contribution is 7.89. The van der Waals surface area contributed by atoms with E-state index < -0.39 is 28.2 Å². The predicted molar refractivity (Wildman–Crippen MR) is 93.9 cm³/mol. The maximum Gasteiger partial charge on any atom is 0.332 e. The third kappa shape index (κ3) is 4.60. The average Bonchev–Trinajstić information content (AvgIpc) is 3.09. The van der Waals surface area contributed by atoms with E-state index in [9.17, 15) is 18.0 Å². The van der Waals surface area contributed by atoms with Crippen LogP contribution in [-0.4, -0.2) is 55.0 Å². The van der Waals surface area contributed by atoms with Gasteiger partial charge in [-0.2, -0.15) is 4.31 Å². The van der Waals surface area contributed by atoms with Crippen molar-refractivity contribution in [1.82, 2.24) is 9.62 Å². The number of benzene rings is 1. The van der Waals surface area contributed by atoms with E-state index in [0.29, 0.717) is 12.8 Å². The van der Waals surface area contributed by atoms with Crippen LogP contribution in [0.3, 0.4) is 0 Å². The molecular weight excluding hydrogens is 360 g/mol. The van der Waals surface area contributed by atoms with Crippen molar-refractivity contribution in [2.24, 2.45) is 0 Å². The minimum absolute atomic E-state index is 0.153. The van der Waals surface area contributed by atoms with Crippen LogP contribution in [-0.2, 0) is 30.9 Å². The molecule has 0 spiro atoms. The zero-order valence-electron chi connectivity index (χ0n) is 15.0. The van der Waals surface area contributed by atoms with Gasteiger partial charge in [0.15, 0.2) is 6.10 Å². The van der Waals surface area contributed by atoms with Gasteiger partial charge in [0.25, 0.3) is 0 Å². The van der Waals surface area contributed by atoms with E-state index in [2.05, 4.69) is 5.32 Å². The lowest BCUT2D eigenvalue weighted by molar-refractivity contribution is -0.151. The Labute approximate surface area is 153 Å². The van der Waals surface area contributed by atoms with Crippen molar-refractivity contribution in [3.05, 3.63) is 29.8 Å². The standard InChI is InChI=1S/C17H24N2O6S/c1-11(2)19(3)26(23,24)13-6-4-12(5-7-13)10-18-16(20)14-8-9-15(25-14)17(21)22/h4-7,11,14-15H,8-10H2,1-3H3,(H,18,20)(H,21,22)/t14-,15+/m0/s1. The third-order valence-corrected chi connectivity index (χ3v) is 6.43. The molecule has 2 N–H and O–H groups in total. The Kier molecular flexibility index (Phi) is 6.38. The maximum absolute atomic E-state index is 12.4. The van der Waals surface area contributed by atoms with Gasteiger partial charge in [-0.15, -0.1) is 0 Å². The largest absolute Gasteiger partial charge is 0.479 e. The van der Waals surface area contributed by atoms with Gasteiger partial charge in [0, 0.05) is 19.6 Å². The predicted octanol–water partition coefficient (Wildman–Crippen LogP) is 0.964. The molecule has 9 heteroatoms. The molecule has 1 amide bonds. The molecule has 0 aliphatic carbocycles. The summed E-state index contributed by atoms with van der Waals surface area (Å²) in [4.78, 5) is 23.1. The molecule has 1 aromatic rings. The second-order valence-electron chi connectivity index (χ2n) is 6.51. The smallest absolute Gasteiger partial charge is 0.332 e. The summed E-state index contributed by atoms with van der Waals surface area (Å²) < 4.78 is 31.3. The molecule has 0 aromatic heterocycles. The second-order valence-corrected chi connectivity index (χ2v) is 8.50. The molecule has 1 saturated heterocycles. The van der Waals surface area contributed by atoms with Crippen LogP contribution in [0, 0.1) is 0 Å². The first-order valence-electron chi connectivity index (χ1n) is 8.36. The molecule has 2 rings (SSSR count). The summed E-state index contributed by atoms with van der Waals surface area (Å²) in [7, 11) is -2.02. The van der Waals surface area contributed by atoms with Gasteiger partial charge in [-0.25, -0.2) is 13.2 Å². The average molecular weight is 384 g/mol. The van der Waals surface area contributed by atoms with Crippen LogP contribution in [0.5, 0.6) is 0 Å². The van der Waals surface area contributed by atoms with Gasteiger partial charge in [0.05, 0.1) is 4.90 Å². The van der Waals surface area contributed by atoms with Gasteiger partial charge in [-0.1, -0.05) is 12.1 Å². The molecule has 0 bridgehead atoms. The SMILES string of the molecule is CC(C)N(C)S(=O)(=O)c1ccc(CNC(=O)[C@@H]2CC[C@H](C(=O)O)O2)cc1. The van der Waals surface area contributed by atoms with Crippen molar-refractivity contribution < 1.29 is 27.9 Å². The van der Waals surface area contributed by atoms with Crippen molar-refractivity contribution in [1.29, 1.82) is 0 Å². The number of carbonyl (C=O) groups excluding carboxylic acids is 1. The number of ether oxygens (including phenoxy) is 1. The van der Waals surface area contributed by atoms with Crippen molar-refractivity contribution in [2.75, 3.05) is 7.05 Å². The lowest BCUT2D eigenvalue weighted by Crippen LogP contribution is -2.35. The topological polar surface area (TPSA) is 113 Å². The minimum Gasteiger partial charge on any atom is -0.479 e. The number of sulfonamides is 1. The molecular formula is C17H24N2O6S. The summed E-state index contributed by atoms with van der Waals surface area (Å²) in [5.74, 6) is -1.44. The van der Waals surface area contributed by atoms with Crippen LogP contribution in [0.2, 0.25) is 0 Å². The van der Waals surface area contributed by atoms with Gasteiger partial charge in [-0.3, -0.25) is 4.79 Å². The van der Waals surface area contributed by atoms with E-state index >= 15 is 0 Å². The molecule has 1 aliphatic rings. The molecule has 26 heavy (non-hydrogen) atoms. The van der Waals surface area contributed by atoms with Gasteiger partial charge in [0.2, 0.25) is 15.9 Å². The number of carboxylic acid groups (broad SMARTS) is 1. The van der Waals surface area contributed by atoms with Crippen molar-refractivity contribution in [3.8, 4) is 0 Å². The number of hydrogen-bond donors (Lipinski definition) is 2. The van der Waals surface area contributed by atoms with Crippen molar-refractivity contribution >= 4 is 21.9 Å². The summed E-state index contributed by atoms with van der Waals surface area (Å²) in [5.41, 5.74) is 0.734. The Morgan fingerprint density at radius 3 is 2.31 bits per heavy atom. The Morgan fingerprint density at radius 2 is 1.81 bits per heavy atom. The first kappa shape index (κ1) is 20.3. The number of carbonyl (C=O) groups is 2. The highest BCUT2D eigenvalue weighted by Crippen LogP contribution is 2.20. The molecule has 1 fully saturated rings. The van der Waals surface area contributed by atoms with Crippen molar-refractivity contribution in [3.63, 3.8) is 0 Å². The maximum atomic E-state index is 12.4. The van der Waals surface area contributed by atoms with E-state index in [0.717, 1.165) is 5.56 Å². The quantitative estimate of drug-likeness (QED) is 0.724. The lowest BCUT2D eigenvalue weighted by Gasteiger charge is -2.21. The van der Waals surface area contributed by atoms with E-state index in [1.54, 1.807) is 26.0 Å². The molecule has 144 valence electrons. The third-order valence-electron chi connectivity index (χ3n) is 4.38. The number of rotatable bonds is 7. The molecule has 1 aromatic carbocycles. The Bertz CT molecular complexity index is 760. The first-order chi connectivity index (χ1) is 12.1. The fourth-order valence-corrected chi connectivity index (χ4v) is 3.91. The van der Waals surface area contributed by atoms with Crippen LogP contribution < -0.4 is 5.32 Å². The Morgan fingerprint density at radius 1 is 1.23 bits per heavy atom. The number of carboxylic acids is 1. The fraction of sp³-hybridized carbons (Fsp3) is 0.529. The lowest BCUT2D eigenvalue weighted by atomic mass is 10.2. The first-order valence-corrected chi connectivity index (χ1v) is 9.80.